The zero-order valence-electron chi connectivity index (χ0n) is 18.0. The van der Waals surface area contributed by atoms with Crippen molar-refractivity contribution in [3.63, 3.8) is 0 Å². The topological polar surface area (TPSA) is 108 Å². The normalized spacial score (nSPS) is 13.4. The van der Waals surface area contributed by atoms with Crippen molar-refractivity contribution in [3.8, 4) is 0 Å². The molecule has 0 unspecified atom stereocenters. The lowest BCUT2D eigenvalue weighted by Gasteiger charge is -2.36. The van der Waals surface area contributed by atoms with Gasteiger partial charge < -0.3 is 15.1 Å². The quantitative estimate of drug-likeness (QED) is 0.360. The van der Waals surface area contributed by atoms with Crippen LogP contribution in [0.3, 0.4) is 0 Å². The summed E-state index contributed by atoms with van der Waals surface area (Å²) in [5.74, 6) is -0.438. The summed E-state index contributed by atoms with van der Waals surface area (Å²) in [7, 11) is 0. The van der Waals surface area contributed by atoms with E-state index in [1.165, 1.54) is 12.1 Å². The van der Waals surface area contributed by atoms with Gasteiger partial charge in [-0.1, -0.05) is 18.5 Å². The molecule has 0 aromatic heterocycles. The first-order valence-corrected chi connectivity index (χ1v) is 11.3. The first-order chi connectivity index (χ1) is 15.8. The third-order valence-corrected chi connectivity index (χ3v) is 5.75. The van der Waals surface area contributed by atoms with E-state index in [0.717, 1.165) is 31.3 Å². The van der Waals surface area contributed by atoms with Crippen molar-refractivity contribution >= 4 is 57.8 Å². The van der Waals surface area contributed by atoms with E-state index in [1.54, 1.807) is 0 Å². The van der Waals surface area contributed by atoms with Crippen LogP contribution in [0.2, 0.25) is 5.02 Å². The number of amides is 2. The zero-order chi connectivity index (χ0) is 24.0. The third kappa shape index (κ3) is 6.39. The lowest BCUT2D eigenvalue weighted by Crippen LogP contribution is -2.48. The highest BCUT2D eigenvalue weighted by Gasteiger charge is 2.21. The van der Waals surface area contributed by atoms with Crippen molar-refractivity contribution in [3.05, 3.63) is 63.2 Å². The van der Waals surface area contributed by atoms with E-state index in [-0.39, 0.29) is 27.3 Å². The Hall–Kier alpha value is -3.24. The van der Waals surface area contributed by atoms with Crippen LogP contribution in [-0.4, -0.2) is 52.9 Å². The molecule has 1 fully saturated rings. The molecule has 1 saturated heterocycles. The van der Waals surface area contributed by atoms with E-state index < -0.39 is 10.8 Å². The Bertz CT molecular complexity index is 1060. The fourth-order valence-electron chi connectivity index (χ4n) is 3.48. The van der Waals surface area contributed by atoms with Crippen molar-refractivity contribution < 1.29 is 14.5 Å². The number of nitro groups is 1. The first-order valence-electron chi connectivity index (χ1n) is 10.5. The lowest BCUT2D eigenvalue weighted by atomic mass is 10.2. The summed E-state index contributed by atoms with van der Waals surface area (Å²) >= 11 is 11.2. The van der Waals surface area contributed by atoms with Crippen LogP contribution in [0.25, 0.3) is 0 Å². The zero-order valence-corrected chi connectivity index (χ0v) is 19.6. The van der Waals surface area contributed by atoms with Crippen LogP contribution >= 0.6 is 23.8 Å². The van der Waals surface area contributed by atoms with Crippen LogP contribution in [-0.2, 0) is 4.79 Å². The molecule has 9 nitrogen and oxygen atoms in total. The Kier molecular flexibility index (Phi) is 8.18. The van der Waals surface area contributed by atoms with E-state index in [9.17, 15) is 19.7 Å². The van der Waals surface area contributed by atoms with Gasteiger partial charge in [0.15, 0.2) is 5.11 Å². The minimum absolute atomic E-state index is 0.0399. The minimum atomic E-state index is -0.645. The molecule has 1 aliphatic rings. The van der Waals surface area contributed by atoms with E-state index in [1.807, 2.05) is 36.1 Å². The number of carbonyl (C=O) groups is 2. The SMILES string of the molecule is CCCC(=O)N1CCN(c2ccc(NC(=S)NC(=O)c3cc([N+](=O)[O-])ccc3Cl)cc2)CC1. The third-order valence-electron chi connectivity index (χ3n) is 5.22. The van der Waals surface area contributed by atoms with Gasteiger partial charge in [0.1, 0.15) is 0 Å². The van der Waals surface area contributed by atoms with E-state index in [2.05, 4.69) is 15.5 Å². The molecular weight excluding hydrogens is 466 g/mol. The van der Waals surface area contributed by atoms with Crippen LogP contribution in [0.1, 0.15) is 30.1 Å². The highest BCUT2D eigenvalue weighted by atomic mass is 35.5. The molecule has 2 aromatic rings. The van der Waals surface area contributed by atoms with Gasteiger partial charge >= 0.3 is 0 Å². The number of piperazine rings is 1. The van der Waals surface area contributed by atoms with Gasteiger partial charge in [-0.25, -0.2) is 0 Å². The number of nitrogens with zero attached hydrogens (tertiary/aromatic N) is 3. The molecule has 0 bridgehead atoms. The van der Waals surface area contributed by atoms with E-state index in [0.29, 0.717) is 25.2 Å². The van der Waals surface area contributed by atoms with Crippen molar-refractivity contribution in [2.45, 2.75) is 19.8 Å². The summed E-state index contributed by atoms with van der Waals surface area (Å²) in [4.78, 5) is 38.9. The number of hydrogen-bond donors (Lipinski definition) is 2. The number of non-ortho nitro benzene ring substituents is 1. The summed E-state index contributed by atoms with van der Waals surface area (Å²) in [5, 5.41) is 16.5. The molecule has 2 N–H and O–H groups in total. The number of halogens is 1. The Morgan fingerprint density at radius 2 is 1.79 bits per heavy atom. The summed E-state index contributed by atoms with van der Waals surface area (Å²) in [6.45, 7) is 4.94. The van der Waals surface area contributed by atoms with Gasteiger partial charge in [0.2, 0.25) is 5.91 Å². The second-order valence-corrected chi connectivity index (χ2v) is 8.31. The average molecular weight is 490 g/mol. The minimum Gasteiger partial charge on any atom is -0.368 e. The predicted molar refractivity (Wildman–Crippen MR) is 132 cm³/mol. The number of hydrogen-bond acceptors (Lipinski definition) is 6. The molecule has 11 heteroatoms. The van der Waals surface area contributed by atoms with Crippen molar-refractivity contribution in [2.24, 2.45) is 0 Å². The molecule has 2 aromatic carbocycles. The number of carbonyl (C=O) groups excluding carboxylic acids is 2. The molecule has 0 saturated carbocycles. The van der Waals surface area contributed by atoms with Gasteiger partial charge in [0.05, 0.1) is 15.5 Å². The second kappa shape index (κ2) is 11.1. The Morgan fingerprint density at radius 1 is 1.12 bits per heavy atom. The lowest BCUT2D eigenvalue weighted by molar-refractivity contribution is -0.384. The maximum absolute atomic E-state index is 12.4. The molecular formula is C22H24ClN5O4S. The smallest absolute Gasteiger partial charge is 0.270 e. The Morgan fingerprint density at radius 3 is 2.39 bits per heavy atom. The van der Waals surface area contributed by atoms with Gasteiger partial charge in [-0.2, -0.15) is 0 Å². The van der Waals surface area contributed by atoms with E-state index >= 15 is 0 Å². The first kappa shape index (κ1) is 24.4. The van der Waals surface area contributed by atoms with Crippen LogP contribution in [0, 0.1) is 10.1 Å². The highest BCUT2D eigenvalue weighted by molar-refractivity contribution is 7.80. The number of rotatable bonds is 6. The van der Waals surface area contributed by atoms with Crippen LogP contribution in [0.4, 0.5) is 17.1 Å². The van der Waals surface area contributed by atoms with Crippen molar-refractivity contribution in [1.82, 2.24) is 10.2 Å². The molecule has 1 aliphatic heterocycles. The van der Waals surface area contributed by atoms with Gasteiger partial charge in [-0.05, 0) is 49.0 Å². The van der Waals surface area contributed by atoms with Crippen LogP contribution in [0.5, 0.6) is 0 Å². The Balaban J connectivity index is 1.54. The predicted octanol–water partition coefficient (Wildman–Crippen LogP) is 3.82. The van der Waals surface area contributed by atoms with Gasteiger partial charge in [0, 0.05) is 56.1 Å². The van der Waals surface area contributed by atoms with E-state index in [4.69, 9.17) is 23.8 Å². The van der Waals surface area contributed by atoms with Crippen LogP contribution in [0.15, 0.2) is 42.5 Å². The summed E-state index contributed by atoms with van der Waals surface area (Å²) in [5.41, 5.74) is 1.42. The molecule has 33 heavy (non-hydrogen) atoms. The number of nitro benzene ring substituents is 1. The Labute approximate surface area is 201 Å². The van der Waals surface area contributed by atoms with Crippen molar-refractivity contribution in [2.75, 3.05) is 36.4 Å². The largest absolute Gasteiger partial charge is 0.368 e. The molecule has 0 atom stereocenters. The number of nitrogens with one attached hydrogen (secondary N) is 2. The standard InChI is InChI=1S/C22H24ClN5O4S/c1-2-3-20(29)27-12-10-26(11-13-27)16-6-4-15(5-7-16)24-22(33)25-21(30)18-14-17(28(31)32)8-9-19(18)23/h4-9,14H,2-3,10-13H2,1H3,(H2,24,25,30,33). The van der Waals surface area contributed by atoms with Crippen molar-refractivity contribution in [1.29, 1.82) is 0 Å². The maximum atomic E-state index is 12.4. The van der Waals surface area contributed by atoms with Gasteiger partial charge in [0.25, 0.3) is 11.6 Å². The number of benzene rings is 2. The maximum Gasteiger partial charge on any atom is 0.270 e. The number of anilines is 2. The molecule has 0 aliphatic carbocycles. The van der Waals surface area contributed by atoms with Gasteiger partial charge in [-0.3, -0.25) is 25.0 Å². The summed E-state index contributed by atoms with van der Waals surface area (Å²) in [6, 6.07) is 11.2. The average Bonchev–Trinajstić information content (AvgIpc) is 2.80. The monoisotopic (exact) mass is 489 g/mol. The summed E-state index contributed by atoms with van der Waals surface area (Å²) in [6.07, 6.45) is 1.44. The van der Waals surface area contributed by atoms with Gasteiger partial charge in [-0.15, -0.1) is 0 Å². The molecule has 0 radical (unpaired) electrons. The molecule has 174 valence electrons. The fourth-order valence-corrected chi connectivity index (χ4v) is 3.89. The molecule has 1 heterocycles. The van der Waals surface area contributed by atoms with Crippen LogP contribution < -0.4 is 15.5 Å². The molecule has 2 amide bonds. The molecule has 0 spiro atoms. The molecule has 3 rings (SSSR count). The highest BCUT2D eigenvalue weighted by Crippen LogP contribution is 2.22. The summed E-state index contributed by atoms with van der Waals surface area (Å²) < 4.78 is 0. The second-order valence-electron chi connectivity index (χ2n) is 7.49. The number of thiocarbonyl (C=S) groups is 1. The fraction of sp³-hybridized carbons (Fsp3) is 0.318.